The average Bonchev–Trinajstić information content (AvgIpc) is 3.09. The number of benzene rings is 1. The minimum Gasteiger partial charge on any atom is -0.328 e. The van der Waals surface area contributed by atoms with Gasteiger partial charge in [-0.1, -0.05) is 46.4 Å². The molecule has 1 fully saturated rings. The van der Waals surface area contributed by atoms with Gasteiger partial charge in [0.15, 0.2) is 6.17 Å². The van der Waals surface area contributed by atoms with Crippen LogP contribution in [-0.4, -0.2) is 44.8 Å². The highest BCUT2D eigenvalue weighted by molar-refractivity contribution is 6.68. The minimum absolute atomic E-state index is 0.244. The summed E-state index contributed by atoms with van der Waals surface area (Å²) in [4.78, 5) is 24.0. The number of anilines is 1. The molecule has 1 atom stereocenters. The fourth-order valence-electron chi connectivity index (χ4n) is 2.88. The fraction of sp³-hybridized carbons (Fsp3) is 0.222. The number of halogens is 4. The maximum absolute atomic E-state index is 12.7. The largest absolute Gasteiger partial charge is 0.328 e. The van der Waals surface area contributed by atoms with Crippen LogP contribution in [0.1, 0.15) is 10.4 Å². The van der Waals surface area contributed by atoms with Crippen molar-refractivity contribution in [1.82, 2.24) is 15.2 Å². The van der Waals surface area contributed by atoms with Crippen LogP contribution in [0.5, 0.6) is 0 Å². The normalized spacial score (nSPS) is 16.6. The lowest BCUT2D eigenvalue weighted by atomic mass is 10.2. The summed E-state index contributed by atoms with van der Waals surface area (Å²) < 4.78 is -1.90. The van der Waals surface area contributed by atoms with Crippen LogP contribution in [0.2, 0.25) is 5.02 Å². The highest BCUT2D eigenvalue weighted by atomic mass is 35.6. The Morgan fingerprint density at radius 3 is 2.55 bits per heavy atom. The second kappa shape index (κ2) is 9.06. The SMILES string of the molecule is N#C/N=C1\N(c2cccnc2)CCN1C(NC(=O)c1ccc(Cl)cc1)C(Cl)(Cl)Cl. The van der Waals surface area contributed by atoms with E-state index >= 15 is 0 Å². The molecule has 0 bridgehead atoms. The lowest BCUT2D eigenvalue weighted by Gasteiger charge is -2.35. The molecule has 1 amide bonds. The number of pyridine rings is 1. The Kier molecular flexibility index (Phi) is 6.70. The summed E-state index contributed by atoms with van der Waals surface area (Å²) in [6.07, 6.45) is 3.95. The van der Waals surface area contributed by atoms with Gasteiger partial charge in [-0.25, -0.2) is 0 Å². The van der Waals surface area contributed by atoms with Crippen LogP contribution in [0, 0.1) is 11.5 Å². The number of nitriles is 1. The molecular formula is C18H14Cl4N6O. The number of nitrogens with zero attached hydrogens (tertiary/aromatic N) is 5. The number of hydrogen-bond acceptors (Lipinski definition) is 4. The number of carbonyl (C=O) groups excluding carboxylic acids is 1. The van der Waals surface area contributed by atoms with Gasteiger partial charge in [0.2, 0.25) is 15.9 Å². The van der Waals surface area contributed by atoms with Crippen molar-refractivity contribution in [2.75, 3.05) is 18.0 Å². The summed E-state index contributed by atoms with van der Waals surface area (Å²) in [7, 11) is 0. The molecule has 2 aromatic rings. The average molecular weight is 472 g/mol. The summed E-state index contributed by atoms with van der Waals surface area (Å²) in [5.74, 6) is -0.220. The van der Waals surface area contributed by atoms with Crippen LogP contribution in [0.4, 0.5) is 5.69 Å². The molecule has 2 heterocycles. The standard InChI is InChI=1S/C18H14Cl4N6O/c19-13-5-3-12(4-6-13)15(29)26-16(18(20,21)22)28-9-8-27(17(28)25-11-23)14-2-1-7-24-10-14/h1-7,10,16H,8-9H2,(H,26,29)/b25-17+. The van der Waals surface area contributed by atoms with Crippen molar-refractivity contribution in [3.05, 3.63) is 59.4 Å². The number of hydrogen-bond donors (Lipinski definition) is 1. The van der Waals surface area contributed by atoms with Gasteiger partial charge >= 0.3 is 0 Å². The van der Waals surface area contributed by atoms with E-state index in [9.17, 15) is 10.1 Å². The Hall–Kier alpha value is -2.24. The Labute approximate surface area is 187 Å². The molecular weight excluding hydrogens is 458 g/mol. The van der Waals surface area contributed by atoms with E-state index in [-0.39, 0.29) is 5.96 Å². The molecule has 7 nitrogen and oxygen atoms in total. The molecule has 0 saturated carbocycles. The molecule has 1 aliphatic heterocycles. The van der Waals surface area contributed by atoms with Crippen molar-refractivity contribution in [3.8, 4) is 6.19 Å². The van der Waals surface area contributed by atoms with Gasteiger partial charge in [-0.3, -0.25) is 9.78 Å². The number of guanidine groups is 1. The topological polar surface area (TPSA) is 84.6 Å². The molecule has 3 rings (SSSR count). The van der Waals surface area contributed by atoms with E-state index in [0.717, 1.165) is 5.69 Å². The van der Waals surface area contributed by atoms with E-state index in [1.807, 2.05) is 6.07 Å². The predicted molar refractivity (Wildman–Crippen MR) is 114 cm³/mol. The molecule has 1 N–H and O–H groups in total. The zero-order valence-corrected chi connectivity index (χ0v) is 17.8. The Balaban J connectivity index is 1.90. The number of alkyl halides is 3. The van der Waals surface area contributed by atoms with E-state index < -0.39 is 15.9 Å². The third kappa shape index (κ3) is 5.03. The molecule has 1 aliphatic rings. The van der Waals surface area contributed by atoms with Gasteiger partial charge in [-0.15, -0.1) is 4.99 Å². The molecule has 1 unspecified atom stereocenters. The zero-order chi connectivity index (χ0) is 21.0. The number of amides is 1. The molecule has 150 valence electrons. The molecule has 0 radical (unpaired) electrons. The lowest BCUT2D eigenvalue weighted by Crippen LogP contribution is -2.57. The third-order valence-electron chi connectivity index (χ3n) is 4.17. The van der Waals surface area contributed by atoms with E-state index in [1.54, 1.807) is 58.7 Å². The van der Waals surface area contributed by atoms with Gasteiger partial charge in [0.25, 0.3) is 5.91 Å². The van der Waals surface area contributed by atoms with E-state index in [1.165, 1.54) is 0 Å². The van der Waals surface area contributed by atoms with Gasteiger partial charge in [-0.05, 0) is 36.4 Å². The van der Waals surface area contributed by atoms with E-state index in [4.69, 9.17) is 46.4 Å². The highest BCUT2D eigenvalue weighted by Gasteiger charge is 2.44. The second-order valence-electron chi connectivity index (χ2n) is 5.99. The maximum Gasteiger partial charge on any atom is 0.252 e. The number of rotatable bonds is 4. The number of aromatic nitrogens is 1. The first kappa shape index (κ1) is 21.5. The van der Waals surface area contributed by atoms with Gasteiger partial charge in [0.1, 0.15) is 0 Å². The van der Waals surface area contributed by atoms with Crippen LogP contribution in [0.25, 0.3) is 0 Å². The first-order valence-electron chi connectivity index (χ1n) is 8.35. The molecule has 0 aliphatic carbocycles. The van der Waals surface area contributed by atoms with Gasteiger partial charge in [0.05, 0.1) is 11.9 Å². The van der Waals surface area contributed by atoms with Crippen LogP contribution in [0.3, 0.4) is 0 Å². The summed E-state index contributed by atoms with van der Waals surface area (Å²) >= 11 is 24.4. The van der Waals surface area contributed by atoms with Crippen LogP contribution in [0.15, 0.2) is 53.8 Å². The molecule has 11 heteroatoms. The maximum atomic E-state index is 12.7. The molecule has 0 spiro atoms. The molecule has 29 heavy (non-hydrogen) atoms. The first-order chi connectivity index (χ1) is 13.8. The summed E-state index contributed by atoms with van der Waals surface area (Å²) in [5, 5.41) is 12.4. The van der Waals surface area contributed by atoms with Crippen LogP contribution < -0.4 is 10.2 Å². The summed E-state index contributed by atoms with van der Waals surface area (Å²) in [6.45, 7) is 0.815. The van der Waals surface area contributed by atoms with Crippen molar-refractivity contribution in [2.24, 2.45) is 4.99 Å². The first-order valence-corrected chi connectivity index (χ1v) is 9.86. The summed E-state index contributed by atoms with van der Waals surface area (Å²) in [6, 6.07) is 9.87. The molecule has 1 aromatic heterocycles. The summed E-state index contributed by atoms with van der Waals surface area (Å²) in [5.41, 5.74) is 1.06. The smallest absolute Gasteiger partial charge is 0.252 e. The van der Waals surface area contributed by atoms with Gasteiger partial charge in [-0.2, -0.15) is 5.26 Å². The Bertz CT molecular complexity index is 940. The highest BCUT2D eigenvalue weighted by Crippen LogP contribution is 2.35. The fourth-order valence-corrected chi connectivity index (χ4v) is 3.52. The minimum atomic E-state index is -1.90. The lowest BCUT2D eigenvalue weighted by molar-refractivity contribution is 0.0904. The predicted octanol–water partition coefficient (Wildman–Crippen LogP) is 3.82. The number of nitrogens with one attached hydrogen (secondary N) is 1. The van der Waals surface area contributed by atoms with Crippen molar-refractivity contribution >= 4 is 64.0 Å². The van der Waals surface area contributed by atoms with Crippen molar-refractivity contribution in [2.45, 2.75) is 9.96 Å². The second-order valence-corrected chi connectivity index (χ2v) is 8.80. The quantitative estimate of drug-likeness (QED) is 0.541. The van der Waals surface area contributed by atoms with Crippen molar-refractivity contribution in [3.63, 3.8) is 0 Å². The van der Waals surface area contributed by atoms with Gasteiger partial charge < -0.3 is 15.1 Å². The van der Waals surface area contributed by atoms with Crippen LogP contribution in [-0.2, 0) is 0 Å². The molecule has 1 aromatic carbocycles. The van der Waals surface area contributed by atoms with Crippen molar-refractivity contribution in [1.29, 1.82) is 5.26 Å². The number of carbonyl (C=O) groups is 1. The Morgan fingerprint density at radius 2 is 1.97 bits per heavy atom. The number of aliphatic imine (C=N–C) groups is 1. The molecule has 1 saturated heterocycles. The zero-order valence-electron chi connectivity index (χ0n) is 14.8. The Morgan fingerprint density at radius 1 is 1.24 bits per heavy atom. The van der Waals surface area contributed by atoms with E-state index in [2.05, 4.69) is 15.3 Å². The van der Waals surface area contributed by atoms with Crippen LogP contribution >= 0.6 is 46.4 Å². The van der Waals surface area contributed by atoms with Gasteiger partial charge in [0, 0.05) is 29.9 Å². The third-order valence-corrected chi connectivity index (χ3v) is 5.04. The van der Waals surface area contributed by atoms with Crippen molar-refractivity contribution < 1.29 is 4.79 Å². The monoisotopic (exact) mass is 470 g/mol. The van der Waals surface area contributed by atoms with E-state index in [0.29, 0.717) is 23.7 Å².